The van der Waals surface area contributed by atoms with E-state index in [9.17, 15) is 9.50 Å². The Labute approximate surface area is 197 Å². The largest absolute Gasteiger partial charge is 0.381 e. The highest BCUT2D eigenvalue weighted by Crippen LogP contribution is 2.49. The Bertz CT molecular complexity index is 1140. The zero-order chi connectivity index (χ0) is 21.5. The molecule has 0 amide bonds. The summed E-state index contributed by atoms with van der Waals surface area (Å²) in [4.78, 5) is 0. The van der Waals surface area contributed by atoms with Gasteiger partial charge in [-0.05, 0) is 78.3 Å². The van der Waals surface area contributed by atoms with Crippen LogP contribution in [0.5, 0.6) is 0 Å². The molecule has 0 aliphatic heterocycles. The lowest BCUT2D eigenvalue weighted by Gasteiger charge is -2.37. The van der Waals surface area contributed by atoms with Crippen molar-refractivity contribution in [3.05, 3.63) is 109 Å². The van der Waals surface area contributed by atoms with Crippen LogP contribution in [0, 0.1) is 12.7 Å². The first-order chi connectivity index (χ1) is 14.3. The predicted octanol–water partition coefficient (Wildman–Crippen LogP) is 8.16. The third kappa shape index (κ3) is 4.16. The summed E-state index contributed by atoms with van der Waals surface area (Å²) in [5.74, 6) is -0.369. The lowest BCUT2D eigenvalue weighted by molar-refractivity contribution is 0.0672. The fourth-order valence-corrected chi connectivity index (χ4v) is 5.69. The maximum atomic E-state index is 14.3. The van der Waals surface area contributed by atoms with Crippen molar-refractivity contribution >= 4 is 49.0 Å². The van der Waals surface area contributed by atoms with E-state index in [4.69, 9.17) is 11.6 Å². The average Bonchev–Trinajstić information content (AvgIpc) is 2.71. The van der Waals surface area contributed by atoms with E-state index in [0.717, 1.165) is 31.2 Å². The summed E-state index contributed by atoms with van der Waals surface area (Å²) >= 11 is 13.8. The number of halogens is 4. The molecule has 154 valence electrons. The van der Waals surface area contributed by atoms with Crippen LogP contribution in [-0.2, 0) is 5.60 Å². The third-order valence-corrected chi connectivity index (χ3v) is 7.79. The minimum Gasteiger partial charge on any atom is -0.381 e. The van der Waals surface area contributed by atoms with Crippen molar-refractivity contribution < 1.29 is 9.50 Å². The Hall–Kier alpha value is -1.46. The minimum atomic E-state index is -1.27. The fourth-order valence-electron chi connectivity index (χ4n) is 4.30. The van der Waals surface area contributed by atoms with Gasteiger partial charge in [0.25, 0.3) is 0 Å². The van der Waals surface area contributed by atoms with Crippen LogP contribution < -0.4 is 0 Å². The van der Waals surface area contributed by atoms with Crippen molar-refractivity contribution in [1.29, 1.82) is 0 Å². The summed E-state index contributed by atoms with van der Waals surface area (Å²) in [6.45, 7) is 1.88. The van der Waals surface area contributed by atoms with Gasteiger partial charge in [0.05, 0.1) is 0 Å². The molecule has 0 heterocycles. The second-order valence-corrected chi connectivity index (χ2v) is 9.84. The Morgan fingerprint density at radius 1 is 1.07 bits per heavy atom. The third-order valence-electron chi connectivity index (χ3n) is 5.68. The molecule has 0 fully saturated rings. The van der Waals surface area contributed by atoms with Crippen molar-refractivity contribution in [2.24, 2.45) is 0 Å². The van der Waals surface area contributed by atoms with E-state index >= 15 is 0 Å². The average molecular weight is 551 g/mol. The first-order valence-electron chi connectivity index (χ1n) is 9.68. The maximum absolute atomic E-state index is 14.3. The Morgan fingerprint density at radius 3 is 2.50 bits per heavy atom. The molecular formula is C25H20Br2ClFO. The summed E-state index contributed by atoms with van der Waals surface area (Å²) in [6.07, 6.45) is 2.99. The van der Waals surface area contributed by atoms with Crippen LogP contribution in [-0.4, -0.2) is 5.11 Å². The molecule has 5 heteroatoms. The maximum Gasteiger partial charge on any atom is 0.123 e. The van der Waals surface area contributed by atoms with Gasteiger partial charge in [-0.3, -0.25) is 0 Å². The zero-order valence-corrected chi connectivity index (χ0v) is 20.2. The fraction of sp³-hybridized carbons (Fsp3) is 0.200. The standard InChI is InChI=1S/C25H20Br2ClFO/c1-15-10-18(29)12-20(24(15)27)17-11-16(19-6-2-4-8-22(19)26)13-25(30,14-17)21-7-3-5-9-23(21)28/h2-10,12-13,17,30H,11,14H2,1H3. The van der Waals surface area contributed by atoms with Gasteiger partial charge in [0.2, 0.25) is 0 Å². The van der Waals surface area contributed by atoms with Gasteiger partial charge in [0, 0.05) is 19.5 Å². The minimum absolute atomic E-state index is 0.0952. The molecule has 2 atom stereocenters. The summed E-state index contributed by atoms with van der Waals surface area (Å²) in [5.41, 5.74) is 3.09. The van der Waals surface area contributed by atoms with Crippen molar-refractivity contribution in [2.45, 2.75) is 31.3 Å². The molecule has 0 saturated carbocycles. The van der Waals surface area contributed by atoms with Crippen LogP contribution in [0.2, 0.25) is 5.02 Å². The van der Waals surface area contributed by atoms with Crippen molar-refractivity contribution in [2.75, 3.05) is 0 Å². The van der Waals surface area contributed by atoms with Crippen molar-refractivity contribution in [3.8, 4) is 0 Å². The van der Waals surface area contributed by atoms with Gasteiger partial charge in [0.15, 0.2) is 0 Å². The summed E-state index contributed by atoms with van der Waals surface area (Å²) < 4.78 is 16.1. The quantitative estimate of drug-likeness (QED) is 0.349. The van der Waals surface area contributed by atoms with E-state index in [2.05, 4.69) is 31.9 Å². The van der Waals surface area contributed by atoms with Crippen molar-refractivity contribution in [1.82, 2.24) is 0 Å². The zero-order valence-electron chi connectivity index (χ0n) is 16.3. The predicted molar refractivity (Wildman–Crippen MR) is 128 cm³/mol. The van der Waals surface area contributed by atoms with E-state index in [1.165, 1.54) is 6.07 Å². The molecule has 30 heavy (non-hydrogen) atoms. The number of aryl methyl sites for hydroxylation is 1. The summed E-state index contributed by atoms with van der Waals surface area (Å²) in [6, 6.07) is 18.4. The Balaban J connectivity index is 1.90. The molecule has 2 unspecified atom stereocenters. The molecule has 0 spiro atoms. The molecule has 0 aromatic heterocycles. The van der Waals surface area contributed by atoms with E-state index < -0.39 is 5.60 Å². The molecule has 1 aliphatic carbocycles. The number of aliphatic hydroxyl groups is 1. The van der Waals surface area contributed by atoms with Gasteiger partial charge in [-0.2, -0.15) is 0 Å². The van der Waals surface area contributed by atoms with Gasteiger partial charge >= 0.3 is 0 Å². The van der Waals surface area contributed by atoms with Crippen LogP contribution in [0.3, 0.4) is 0 Å². The van der Waals surface area contributed by atoms with Crippen LogP contribution in [0.4, 0.5) is 4.39 Å². The van der Waals surface area contributed by atoms with Gasteiger partial charge in [-0.1, -0.05) is 79.9 Å². The number of rotatable bonds is 3. The molecular weight excluding hydrogens is 531 g/mol. The molecule has 4 rings (SSSR count). The number of benzene rings is 3. The van der Waals surface area contributed by atoms with E-state index in [0.29, 0.717) is 23.4 Å². The normalized spacial score (nSPS) is 21.4. The molecule has 0 bridgehead atoms. The number of hydrogen-bond donors (Lipinski definition) is 1. The second kappa shape index (κ2) is 8.58. The number of hydrogen-bond acceptors (Lipinski definition) is 1. The molecule has 3 aromatic rings. The van der Waals surface area contributed by atoms with Gasteiger partial charge in [-0.25, -0.2) is 4.39 Å². The summed E-state index contributed by atoms with van der Waals surface area (Å²) in [7, 11) is 0. The van der Waals surface area contributed by atoms with Gasteiger partial charge < -0.3 is 5.11 Å². The van der Waals surface area contributed by atoms with E-state index in [1.54, 1.807) is 12.1 Å². The molecule has 1 aliphatic rings. The first-order valence-corrected chi connectivity index (χ1v) is 11.6. The molecule has 1 nitrogen and oxygen atoms in total. The topological polar surface area (TPSA) is 20.2 Å². The molecule has 3 aromatic carbocycles. The van der Waals surface area contributed by atoms with Crippen LogP contribution >= 0.6 is 43.5 Å². The lowest BCUT2D eigenvalue weighted by Crippen LogP contribution is -2.30. The Morgan fingerprint density at radius 2 is 1.77 bits per heavy atom. The molecule has 0 radical (unpaired) electrons. The summed E-state index contributed by atoms with van der Waals surface area (Å²) in [5, 5.41) is 12.3. The van der Waals surface area contributed by atoms with Gasteiger partial charge in [0.1, 0.15) is 11.4 Å². The van der Waals surface area contributed by atoms with Crippen LogP contribution in [0.15, 0.2) is 75.7 Å². The van der Waals surface area contributed by atoms with Crippen LogP contribution in [0.25, 0.3) is 5.57 Å². The number of allylic oxidation sites excluding steroid dienone is 1. The monoisotopic (exact) mass is 548 g/mol. The highest BCUT2D eigenvalue weighted by Gasteiger charge is 2.38. The SMILES string of the molecule is Cc1cc(F)cc(C2CC(c3ccccc3Br)=CC(O)(c3ccccc3Cl)C2)c1Br. The van der Waals surface area contributed by atoms with Crippen LogP contribution in [0.1, 0.15) is 41.0 Å². The molecule has 0 saturated heterocycles. The van der Waals surface area contributed by atoms with E-state index in [1.807, 2.05) is 55.5 Å². The lowest BCUT2D eigenvalue weighted by atomic mass is 9.72. The second-order valence-electron chi connectivity index (χ2n) is 7.78. The van der Waals surface area contributed by atoms with Gasteiger partial charge in [-0.15, -0.1) is 0 Å². The smallest absolute Gasteiger partial charge is 0.123 e. The van der Waals surface area contributed by atoms with E-state index in [-0.39, 0.29) is 11.7 Å². The van der Waals surface area contributed by atoms with Crippen molar-refractivity contribution in [3.63, 3.8) is 0 Å². The highest BCUT2D eigenvalue weighted by molar-refractivity contribution is 9.10. The molecule has 1 N–H and O–H groups in total. The first kappa shape index (κ1) is 21.8. The highest BCUT2D eigenvalue weighted by atomic mass is 79.9. The Kier molecular flexibility index (Phi) is 6.23.